The lowest BCUT2D eigenvalue weighted by Gasteiger charge is -2.10. The average molecular weight is 463 g/mol. The van der Waals surface area contributed by atoms with Gasteiger partial charge in [-0.3, -0.25) is 4.79 Å². The molecule has 33 heavy (non-hydrogen) atoms. The minimum Gasteiger partial charge on any atom is -0.484 e. The Morgan fingerprint density at radius 3 is 2.42 bits per heavy atom. The highest BCUT2D eigenvalue weighted by molar-refractivity contribution is 6.31. The molecule has 0 aliphatic rings. The molecule has 0 unspecified atom stereocenters. The van der Waals surface area contributed by atoms with Gasteiger partial charge in [-0.15, -0.1) is 10.2 Å². The Morgan fingerprint density at radius 2 is 1.73 bits per heavy atom. The van der Waals surface area contributed by atoms with Crippen molar-refractivity contribution in [3.05, 3.63) is 76.3 Å². The monoisotopic (exact) mass is 462 g/mol. The van der Waals surface area contributed by atoms with E-state index in [2.05, 4.69) is 34.6 Å². The van der Waals surface area contributed by atoms with E-state index in [-0.39, 0.29) is 12.5 Å². The predicted molar refractivity (Wildman–Crippen MR) is 133 cm³/mol. The van der Waals surface area contributed by atoms with Crippen molar-refractivity contribution in [3.8, 4) is 11.4 Å². The van der Waals surface area contributed by atoms with E-state index in [1.54, 1.807) is 16.9 Å². The summed E-state index contributed by atoms with van der Waals surface area (Å²) in [6.07, 6.45) is 3.44. The van der Waals surface area contributed by atoms with Gasteiger partial charge in [0.25, 0.3) is 5.91 Å². The van der Waals surface area contributed by atoms with Crippen LogP contribution < -0.4 is 10.1 Å². The van der Waals surface area contributed by atoms with Gasteiger partial charge in [-0.1, -0.05) is 37.1 Å². The van der Waals surface area contributed by atoms with Gasteiger partial charge in [-0.25, -0.2) is 0 Å². The summed E-state index contributed by atoms with van der Waals surface area (Å²) >= 11 is 6.03. The Kier molecular flexibility index (Phi) is 6.94. The van der Waals surface area contributed by atoms with Crippen molar-refractivity contribution in [1.82, 2.24) is 15.0 Å². The van der Waals surface area contributed by atoms with E-state index in [0.29, 0.717) is 22.0 Å². The third-order valence-electron chi connectivity index (χ3n) is 5.49. The second-order valence-electron chi connectivity index (χ2n) is 8.16. The fraction of sp³-hybridized carbons (Fsp3) is 0.269. The highest BCUT2D eigenvalue weighted by Crippen LogP contribution is 2.23. The first kappa shape index (κ1) is 22.8. The number of carbonyl (C=O) groups is 1. The fourth-order valence-corrected chi connectivity index (χ4v) is 3.65. The standard InChI is InChI=1S/C26H27ClN4O2/c1-4-5-6-19-7-9-20(10-8-19)31-29-24-14-18(3)23(15-25(24)30-31)28-26(32)16-33-21-11-12-22(27)17(2)13-21/h7-15H,4-6,16H2,1-3H3,(H,28,32). The van der Waals surface area contributed by atoms with Crippen LogP contribution in [0.1, 0.15) is 36.5 Å². The molecule has 1 N–H and O–H groups in total. The van der Waals surface area contributed by atoms with Crippen LogP contribution in [0.3, 0.4) is 0 Å². The lowest BCUT2D eigenvalue weighted by molar-refractivity contribution is -0.118. The van der Waals surface area contributed by atoms with E-state index < -0.39 is 0 Å². The minimum absolute atomic E-state index is 0.102. The highest BCUT2D eigenvalue weighted by atomic mass is 35.5. The molecule has 1 heterocycles. The number of hydrogen-bond acceptors (Lipinski definition) is 4. The van der Waals surface area contributed by atoms with Gasteiger partial charge in [-0.05, 0) is 85.8 Å². The van der Waals surface area contributed by atoms with Gasteiger partial charge in [0, 0.05) is 10.7 Å². The topological polar surface area (TPSA) is 69.0 Å². The molecule has 0 aliphatic heterocycles. The van der Waals surface area contributed by atoms with E-state index in [0.717, 1.165) is 28.8 Å². The molecule has 6 nitrogen and oxygen atoms in total. The third-order valence-corrected chi connectivity index (χ3v) is 5.91. The zero-order valence-electron chi connectivity index (χ0n) is 19.1. The number of carbonyl (C=O) groups excluding carboxylic acids is 1. The smallest absolute Gasteiger partial charge is 0.262 e. The summed E-state index contributed by atoms with van der Waals surface area (Å²) in [6.45, 7) is 5.91. The normalized spacial score (nSPS) is 11.0. The molecule has 0 fully saturated rings. The number of fused-ring (bicyclic) bond motifs is 1. The average Bonchev–Trinajstić information content (AvgIpc) is 3.21. The Balaban J connectivity index is 1.45. The van der Waals surface area contributed by atoms with Gasteiger partial charge >= 0.3 is 0 Å². The van der Waals surface area contributed by atoms with Gasteiger partial charge in [0.15, 0.2) is 6.61 Å². The first-order chi connectivity index (χ1) is 15.9. The molecule has 0 bridgehead atoms. The maximum Gasteiger partial charge on any atom is 0.262 e. The van der Waals surface area contributed by atoms with E-state index in [1.165, 1.54) is 18.4 Å². The third kappa shape index (κ3) is 5.52. The molecule has 1 aromatic heterocycles. The summed E-state index contributed by atoms with van der Waals surface area (Å²) in [5.74, 6) is 0.350. The van der Waals surface area contributed by atoms with Crippen molar-refractivity contribution >= 4 is 34.2 Å². The molecule has 7 heteroatoms. The Hall–Kier alpha value is -3.38. The molecule has 0 saturated heterocycles. The lowest BCUT2D eigenvalue weighted by atomic mass is 10.1. The number of rotatable bonds is 8. The number of nitrogens with one attached hydrogen (secondary N) is 1. The number of amides is 1. The van der Waals surface area contributed by atoms with E-state index >= 15 is 0 Å². The molecule has 4 rings (SSSR count). The lowest BCUT2D eigenvalue weighted by Crippen LogP contribution is -2.20. The first-order valence-electron chi connectivity index (χ1n) is 11.1. The molecule has 0 atom stereocenters. The van der Waals surface area contributed by atoms with Crippen LogP contribution >= 0.6 is 11.6 Å². The predicted octanol–water partition coefficient (Wildman–Crippen LogP) is 6.05. The van der Waals surface area contributed by atoms with Crippen molar-refractivity contribution in [2.24, 2.45) is 0 Å². The summed E-state index contributed by atoms with van der Waals surface area (Å²) in [4.78, 5) is 14.1. The Bertz CT molecular complexity index is 1280. The molecular formula is C26H27ClN4O2. The SMILES string of the molecule is CCCCc1ccc(-n2nc3cc(C)c(NC(=O)COc4ccc(Cl)c(C)c4)cc3n2)cc1. The van der Waals surface area contributed by atoms with Gasteiger partial charge in [-0.2, -0.15) is 4.80 Å². The van der Waals surface area contributed by atoms with Crippen molar-refractivity contribution in [2.45, 2.75) is 40.0 Å². The Morgan fingerprint density at radius 1 is 1.00 bits per heavy atom. The summed E-state index contributed by atoms with van der Waals surface area (Å²) in [5.41, 5.74) is 6.18. The molecule has 0 spiro atoms. The molecule has 4 aromatic rings. The number of hydrogen-bond donors (Lipinski definition) is 1. The van der Waals surface area contributed by atoms with Crippen molar-refractivity contribution < 1.29 is 9.53 Å². The summed E-state index contributed by atoms with van der Waals surface area (Å²) in [6, 6.07) is 17.4. The zero-order chi connectivity index (χ0) is 23.4. The van der Waals surface area contributed by atoms with Crippen molar-refractivity contribution in [3.63, 3.8) is 0 Å². The van der Waals surface area contributed by atoms with Crippen LogP contribution in [0, 0.1) is 13.8 Å². The van der Waals surface area contributed by atoms with Crippen LogP contribution in [0.25, 0.3) is 16.7 Å². The summed E-state index contributed by atoms with van der Waals surface area (Å²) < 4.78 is 5.60. The maximum absolute atomic E-state index is 12.5. The number of aryl methyl sites for hydroxylation is 3. The van der Waals surface area contributed by atoms with Crippen LogP contribution in [-0.2, 0) is 11.2 Å². The number of aromatic nitrogens is 3. The van der Waals surface area contributed by atoms with Crippen molar-refractivity contribution in [2.75, 3.05) is 11.9 Å². The first-order valence-corrected chi connectivity index (χ1v) is 11.5. The van der Waals surface area contributed by atoms with Crippen LogP contribution in [0.5, 0.6) is 5.75 Å². The van der Waals surface area contributed by atoms with Gasteiger partial charge in [0.05, 0.1) is 5.69 Å². The second kappa shape index (κ2) is 10.0. The molecule has 170 valence electrons. The quantitative estimate of drug-likeness (QED) is 0.346. The van der Waals surface area contributed by atoms with E-state index in [4.69, 9.17) is 16.3 Å². The largest absolute Gasteiger partial charge is 0.484 e. The number of anilines is 1. The number of ether oxygens (including phenoxy) is 1. The van der Waals surface area contributed by atoms with Crippen LogP contribution in [0.4, 0.5) is 5.69 Å². The molecule has 0 aliphatic carbocycles. The van der Waals surface area contributed by atoms with E-state index in [9.17, 15) is 4.79 Å². The van der Waals surface area contributed by atoms with Crippen LogP contribution in [0.15, 0.2) is 54.6 Å². The fourth-order valence-electron chi connectivity index (χ4n) is 3.54. The van der Waals surface area contributed by atoms with Gasteiger partial charge in [0.2, 0.25) is 0 Å². The number of benzene rings is 3. The summed E-state index contributed by atoms with van der Waals surface area (Å²) in [5, 5.41) is 12.8. The minimum atomic E-state index is -0.250. The number of unbranched alkanes of at least 4 members (excludes halogenated alkanes) is 1. The Labute approximate surface area is 198 Å². The highest BCUT2D eigenvalue weighted by Gasteiger charge is 2.12. The van der Waals surface area contributed by atoms with Gasteiger partial charge in [0.1, 0.15) is 16.8 Å². The van der Waals surface area contributed by atoms with Crippen LogP contribution in [0.2, 0.25) is 5.02 Å². The molecule has 3 aromatic carbocycles. The number of halogens is 1. The number of nitrogens with zero attached hydrogens (tertiary/aromatic N) is 3. The summed E-state index contributed by atoms with van der Waals surface area (Å²) in [7, 11) is 0. The van der Waals surface area contributed by atoms with Gasteiger partial charge < -0.3 is 10.1 Å². The van der Waals surface area contributed by atoms with E-state index in [1.807, 2.05) is 44.2 Å². The maximum atomic E-state index is 12.5. The zero-order valence-corrected chi connectivity index (χ0v) is 19.8. The van der Waals surface area contributed by atoms with Crippen LogP contribution in [-0.4, -0.2) is 27.5 Å². The molecular weight excluding hydrogens is 436 g/mol. The van der Waals surface area contributed by atoms with Crippen molar-refractivity contribution in [1.29, 1.82) is 0 Å². The molecule has 1 amide bonds. The molecule has 0 radical (unpaired) electrons. The molecule has 0 saturated carbocycles. The second-order valence-corrected chi connectivity index (χ2v) is 8.57.